The maximum atomic E-state index is 5.92. The quantitative estimate of drug-likeness (QED) is 0.425. The highest BCUT2D eigenvalue weighted by Gasteiger charge is 2.25. The van der Waals surface area contributed by atoms with Gasteiger partial charge in [-0.2, -0.15) is 0 Å². The van der Waals surface area contributed by atoms with Gasteiger partial charge in [-0.15, -0.1) is 0 Å². The van der Waals surface area contributed by atoms with Crippen molar-refractivity contribution in [3.63, 3.8) is 0 Å². The van der Waals surface area contributed by atoms with Crippen LogP contribution >= 0.6 is 6.64 Å². The van der Waals surface area contributed by atoms with Crippen molar-refractivity contribution in [3.8, 4) is 11.5 Å². The second kappa shape index (κ2) is 11.1. The zero-order valence-corrected chi connectivity index (χ0v) is 17.0. The molecule has 5 nitrogen and oxygen atoms in total. The molecule has 0 saturated carbocycles. The fourth-order valence-corrected chi connectivity index (χ4v) is 4.39. The number of nitrogens with one attached hydrogen (secondary N) is 1. The maximum Gasteiger partial charge on any atom is 0.314 e. The Hall–Kier alpha value is -0.650. The first kappa shape index (κ1) is 20.7. The molecular formula is C18H30NO4PS. The number of hydrogen-bond acceptors (Lipinski definition) is 5. The lowest BCUT2D eigenvalue weighted by atomic mass is 10.2. The third-order valence-electron chi connectivity index (χ3n) is 4.04. The van der Waals surface area contributed by atoms with Crippen LogP contribution < -0.4 is 14.3 Å². The van der Waals surface area contributed by atoms with E-state index in [0.29, 0.717) is 5.75 Å². The third-order valence-corrected chi connectivity index (χ3v) is 6.56. The van der Waals surface area contributed by atoms with Crippen LogP contribution in [0.4, 0.5) is 0 Å². The second-order valence-electron chi connectivity index (χ2n) is 6.14. The summed E-state index contributed by atoms with van der Waals surface area (Å²) in [5.74, 6) is 1.52. The van der Waals surface area contributed by atoms with E-state index in [1.165, 1.54) is 19.3 Å². The molecule has 0 radical (unpaired) electrons. The Morgan fingerprint density at radius 3 is 2.56 bits per heavy atom. The van der Waals surface area contributed by atoms with E-state index in [1.807, 2.05) is 24.3 Å². The van der Waals surface area contributed by atoms with E-state index in [1.54, 1.807) is 7.11 Å². The van der Waals surface area contributed by atoms with Crippen molar-refractivity contribution in [1.29, 1.82) is 0 Å². The molecule has 1 aliphatic rings. The molecule has 1 fully saturated rings. The SMILES string of the molecule is CCCCCCOc1ccc(OP(=S)(NC2CCCCO2)OC)cc1. The van der Waals surface area contributed by atoms with Gasteiger partial charge in [0.1, 0.15) is 17.7 Å². The number of rotatable bonds is 11. The minimum Gasteiger partial charge on any atom is -0.494 e. The predicted molar refractivity (Wildman–Crippen MR) is 105 cm³/mol. The Bertz CT molecular complexity index is 534. The van der Waals surface area contributed by atoms with E-state index in [9.17, 15) is 0 Å². The van der Waals surface area contributed by atoms with Crippen molar-refractivity contribution in [2.24, 2.45) is 0 Å². The molecule has 2 unspecified atom stereocenters. The van der Waals surface area contributed by atoms with Crippen LogP contribution in [0.15, 0.2) is 24.3 Å². The van der Waals surface area contributed by atoms with Crippen molar-refractivity contribution < 1.29 is 18.5 Å². The molecule has 7 heteroatoms. The molecule has 142 valence electrons. The van der Waals surface area contributed by atoms with Crippen LogP contribution in [0.3, 0.4) is 0 Å². The molecule has 2 atom stereocenters. The molecule has 2 rings (SSSR count). The summed E-state index contributed by atoms with van der Waals surface area (Å²) in [6, 6.07) is 7.54. The van der Waals surface area contributed by atoms with Gasteiger partial charge in [0.15, 0.2) is 0 Å². The Morgan fingerprint density at radius 2 is 1.92 bits per heavy atom. The predicted octanol–water partition coefficient (Wildman–Crippen LogP) is 5.01. The van der Waals surface area contributed by atoms with Gasteiger partial charge in [-0.25, -0.2) is 5.09 Å². The molecule has 0 bridgehead atoms. The van der Waals surface area contributed by atoms with Gasteiger partial charge in [-0.1, -0.05) is 26.2 Å². The monoisotopic (exact) mass is 387 g/mol. The number of benzene rings is 1. The van der Waals surface area contributed by atoms with Gasteiger partial charge in [0, 0.05) is 13.7 Å². The fourth-order valence-electron chi connectivity index (χ4n) is 2.59. The van der Waals surface area contributed by atoms with E-state index in [4.69, 9.17) is 30.3 Å². The standard InChI is InChI=1S/C18H30NO4PS/c1-3-4-5-7-14-21-16-10-12-17(13-11-16)23-24(25,20-2)19-18-9-6-8-15-22-18/h10-13,18H,3-9,14-15H2,1-2H3,(H,19,25). The van der Waals surface area contributed by atoms with Gasteiger partial charge in [-0.3, -0.25) is 0 Å². The van der Waals surface area contributed by atoms with Crippen LogP contribution in [-0.2, 0) is 21.1 Å². The lowest BCUT2D eigenvalue weighted by Crippen LogP contribution is -2.34. The van der Waals surface area contributed by atoms with Gasteiger partial charge >= 0.3 is 6.64 Å². The summed E-state index contributed by atoms with van der Waals surface area (Å²) in [4.78, 5) is 0. The van der Waals surface area contributed by atoms with Gasteiger partial charge in [-0.05, 0) is 61.8 Å². The van der Waals surface area contributed by atoms with Crippen LogP contribution in [0.1, 0.15) is 51.9 Å². The molecule has 0 aromatic heterocycles. The average molecular weight is 387 g/mol. The van der Waals surface area contributed by atoms with Crippen molar-refractivity contribution >= 4 is 18.4 Å². The van der Waals surface area contributed by atoms with E-state index in [2.05, 4.69) is 12.0 Å². The number of ether oxygens (including phenoxy) is 2. The number of unbranched alkanes of at least 4 members (excludes halogenated alkanes) is 3. The maximum absolute atomic E-state index is 5.92. The summed E-state index contributed by atoms with van der Waals surface area (Å²) in [7, 11) is 1.57. The fraction of sp³-hybridized carbons (Fsp3) is 0.667. The van der Waals surface area contributed by atoms with Gasteiger partial charge in [0.2, 0.25) is 0 Å². The van der Waals surface area contributed by atoms with Crippen LogP contribution in [0.2, 0.25) is 0 Å². The Morgan fingerprint density at radius 1 is 1.16 bits per heavy atom. The number of hydrogen-bond donors (Lipinski definition) is 1. The van der Waals surface area contributed by atoms with E-state index >= 15 is 0 Å². The van der Waals surface area contributed by atoms with Crippen molar-refractivity contribution in [2.45, 2.75) is 58.1 Å². The Balaban J connectivity index is 1.82. The molecule has 1 aromatic rings. The van der Waals surface area contributed by atoms with Crippen LogP contribution in [0, 0.1) is 0 Å². The first-order valence-electron chi connectivity index (χ1n) is 9.13. The summed E-state index contributed by atoms with van der Waals surface area (Å²) >= 11 is 5.55. The summed E-state index contributed by atoms with van der Waals surface area (Å²) < 4.78 is 22.8. The van der Waals surface area contributed by atoms with E-state index < -0.39 is 6.64 Å². The normalized spacial score (nSPS) is 20.0. The first-order chi connectivity index (χ1) is 12.1. The van der Waals surface area contributed by atoms with Crippen molar-refractivity contribution in [3.05, 3.63) is 24.3 Å². The Kier molecular flexibility index (Phi) is 9.21. The molecule has 1 aromatic carbocycles. The van der Waals surface area contributed by atoms with Crippen LogP contribution in [-0.4, -0.2) is 26.6 Å². The molecule has 1 saturated heterocycles. The van der Waals surface area contributed by atoms with E-state index in [-0.39, 0.29) is 6.23 Å². The molecule has 0 aliphatic carbocycles. The average Bonchev–Trinajstić information content (AvgIpc) is 2.64. The molecule has 1 N–H and O–H groups in total. The summed E-state index contributed by atoms with van der Waals surface area (Å²) in [5, 5.41) is 3.23. The van der Waals surface area contributed by atoms with E-state index in [0.717, 1.165) is 44.6 Å². The zero-order chi connectivity index (χ0) is 18.0. The lowest BCUT2D eigenvalue weighted by Gasteiger charge is -2.29. The molecular weight excluding hydrogens is 357 g/mol. The van der Waals surface area contributed by atoms with Crippen molar-refractivity contribution in [1.82, 2.24) is 5.09 Å². The van der Waals surface area contributed by atoms with Gasteiger partial charge in [0.05, 0.1) is 6.61 Å². The third kappa shape index (κ3) is 7.63. The minimum absolute atomic E-state index is 0.0924. The topological polar surface area (TPSA) is 49.0 Å². The summed E-state index contributed by atoms with van der Waals surface area (Å²) in [6.07, 6.45) is 7.84. The second-order valence-corrected chi connectivity index (χ2v) is 9.38. The highest BCUT2D eigenvalue weighted by atomic mass is 32.5. The molecule has 25 heavy (non-hydrogen) atoms. The zero-order valence-electron chi connectivity index (χ0n) is 15.2. The highest BCUT2D eigenvalue weighted by Crippen LogP contribution is 2.45. The first-order valence-corrected chi connectivity index (χ1v) is 11.8. The molecule has 1 heterocycles. The smallest absolute Gasteiger partial charge is 0.314 e. The Labute approximate surface area is 156 Å². The summed E-state index contributed by atoms with van der Waals surface area (Å²) in [6.45, 7) is 1.08. The lowest BCUT2D eigenvalue weighted by molar-refractivity contribution is 0.00693. The van der Waals surface area contributed by atoms with Crippen molar-refractivity contribution in [2.75, 3.05) is 20.3 Å². The largest absolute Gasteiger partial charge is 0.494 e. The van der Waals surface area contributed by atoms with Crippen LogP contribution in [0.25, 0.3) is 0 Å². The van der Waals surface area contributed by atoms with Gasteiger partial charge in [0.25, 0.3) is 0 Å². The van der Waals surface area contributed by atoms with Gasteiger partial charge < -0.3 is 18.5 Å². The van der Waals surface area contributed by atoms with Crippen LogP contribution in [0.5, 0.6) is 11.5 Å². The molecule has 0 spiro atoms. The molecule has 0 amide bonds. The summed E-state index contributed by atoms with van der Waals surface area (Å²) in [5.41, 5.74) is 0. The minimum atomic E-state index is -2.62. The molecule has 1 aliphatic heterocycles. The highest BCUT2D eigenvalue weighted by molar-refractivity contribution is 8.09.